The molecule has 20 heavy (non-hydrogen) atoms. The van der Waals surface area contributed by atoms with Crippen molar-refractivity contribution in [2.24, 2.45) is 0 Å². The van der Waals surface area contributed by atoms with E-state index in [4.69, 9.17) is 0 Å². The molecule has 1 aromatic carbocycles. The van der Waals surface area contributed by atoms with Crippen LogP contribution in [0.3, 0.4) is 0 Å². The molecule has 0 aliphatic rings. The predicted molar refractivity (Wildman–Crippen MR) is 77.5 cm³/mol. The van der Waals surface area contributed by atoms with Crippen molar-refractivity contribution in [3.8, 4) is 0 Å². The number of amides is 1. The van der Waals surface area contributed by atoms with E-state index in [1.54, 1.807) is 23.0 Å². The molecule has 1 unspecified atom stereocenters. The Hall–Kier alpha value is -1.73. The Kier molecular flexibility index (Phi) is 4.20. The number of thiazole rings is 1. The molecule has 1 heterocycles. The van der Waals surface area contributed by atoms with E-state index in [0.717, 1.165) is 11.8 Å². The quantitative estimate of drug-likeness (QED) is 0.937. The Morgan fingerprint density at radius 3 is 2.45 bits per heavy atom. The largest absolute Gasteiger partial charge is 0.344 e. The molecular weight excluding hydrogens is 296 g/mol. The van der Waals surface area contributed by atoms with E-state index in [1.807, 2.05) is 6.92 Å². The van der Waals surface area contributed by atoms with E-state index in [2.05, 4.69) is 10.3 Å². The number of sulfone groups is 1. The third-order valence-corrected chi connectivity index (χ3v) is 4.54. The molecule has 0 aliphatic heterocycles. The molecule has 5 nitrogen and oxygen atoms in total. The van der Waals surface area contributed by atoms with E-state index >= 15 is 0 Å². The van der Waals surface area contributed by atoms with Gasteiger partial charge in [0.05, 0.1) is 16.4 Å². The number of nitrogens with one attached hydrogen (secondary N) is 1. The number of hydrogen-bond acceptors (Lipinski definition) is 5. The van der Waals surface area contributed by atoms with Gasteiger partial charge in [-0.25, -0.2) is 13.4 Å². The van der Waals surface area contributed by atoms with Crippen molar-refractivity contribution < 1.29 is 13.2 Å². The Balaban J connectivity index is 2.10. The molecule has 1 amide bonds. The Morgan fingerprint density at radius 1 is 1.30 bits per heavy atom. The summed E-state index contributed by atoms with van der Waals surface area (Å²) >= 11 is 1.36. The average molecular weight is 310 g/mol. The number of hydrogen-bond donors (Lipinski definition) is 1. The fraction of sp³-hybridized carbons (Fsp3) is 0.231. The van der Waals surface area contributed by atoms with Gasteiger partial charge in [0.15, 0.2) is 9.84 Å². The van der Waals surface area contributed by atoms with Crippen LogP contribution in [0.1, 0.15) is 29.0 Å². The molecular formula is C13H14N2O3S2. The van der Waals surface area contributed by atoms with Gasteiger partial charge in [-0.05, 0) is 24.6 Å². The minimum Gasteiger partial charge on any atom is -0.344 e. The van der Waals surface area contributed by atoms with Crippen molar-refractivity contribution in [1.82, 2.24) is 10.3 Å². The number of carbonyl (C=O) groups is 1. The number of aromatic nitrogens is 1. The van der Waals surface area contributed by atoms with Crippen LogP contribution < -0.4 is 5.32 Å². The fourth-order valence-electron chi connectivity index (χ4n) is 1.68. The molecule has 0 fully saturated rings. The van der Waals surface area contributed by atoms with Crippen LogP contribution in [0.25, 0.3) is 0 Å². The maximum atomic E-state index is 11.9. The first-order valence-corrected chi connectivity index (χ1v) is 8.70. The van der Waals surface area contributed by atoms with Gasteiger partial charge in [-0.15, -0.1) is 11.3 Å². The molecule has 0 bridgehead atoms. The van der Waals surface area contributed by atoms with Gasteiger partial charge in [-0.2, -0.15) is 0 Å². The van der Waals surface area contributed by atoms with Crippen molar-refractivity contribution in [2.45, 2.75) is 17.9 Å². The highest BCUT2D eigenvalue weighted by molar-refractivity contribution is 7.90. The molecule has 0 aliphatic carbocycles. The van der Waals surface area contributed by atoms with Crippen LogP contribution in [0.5, 0.6) is 0 Å². The first kappa shape index (κ1) is 14.7. The van der Waals surface area contributed by atoms with Crippen LogP contribution in [-0.2, 0) is 9.84 Å². The summed E-state index contributed by atoms with van der Waals surface area (Å²) < 4.78 is 22.7. The standard InChI is InChI=1S/C13H14N2O3S2/c1-9(15-13(16)12-7-19-8-14-12)10-3-5-11(6-4-10)20(2,17)18/h3-9H,1-2H3,(H,15,16). The second-order valence-electron chi connectivity index (χ2n) is 4.41. The fourth-order valence-corrected chi connectivity index (χ4v) is 2.84. The molecule has 0 radical (unpaired) electrons. The third-order valence-electron chi connectivity index (χ3n) is 2.82. The highest BCUT2D eigenvalue weighted by atomic mass is 32.2. The second kappa shape index (κ2) is 5.72. The van der Waals surface area contributed by atoms with E-state index in [0.29, 0.717) is 5.69 Å². The summed E-state index contributed by atoms with van der Waals surface area (Å²) in [5.41, 5.74) is 2.82. The number of benzene rings is 1. The number of rotatable bonds is 4. The SMILES string of the molecule is CC(NC(=O)c1cscn1)c1ccc(S(C)(=O)=O)cc1. The monoisotopic (exact) mass is 310 g/mol. The Morgan fingerprint density at radius 2 is 1.95 bits per heavy atom. The van der Waals surface area contributed by atoms with Crippen LogP contribution in [-0.4, -0.2) is 25.6 Å². The zero-order chi connectivity index (χ0) is 14.8. The van der Waals surface area contributed by atoms with Crippen LogP contribution >= 0.6 is 11.3 Å². The predicted octanol–water partition coefficient (Wildman–Crippen LogP) is 2.04. The molecule has 106 valence electrons. The summed E-state index contributed by atoms with van der Waals surface area (Å²) in [5.74, 6) is -0.245. The molecule has 2 aromatic rings. The Labute approximate surface area is 121 Å². The van der Waals surface area contributed by atoms with Crippen molar-refractivity contribution >= 4 is 27.1 Å². The van der Waals surface area contributed by atoms with Crippen molar-refractivity contribution in [3.63, 3.8) is 0 Å². The topological polar surface area (TPSA) is 76.1 Å². The Bertz CT molecular complexity index is 692. The maximum absolute atomic E-state index is 11.9. The summed E-state index contributed by atoms with van der Waals surface area (Å²) in [6, 6.07) is 6.25. The molecule has 0 saturated carbocycles. The molecule has 7 heteroatoms. The molecule has 1 aromatic heterocycles. The van der Waals surface area contributed by atoms with Crippen LogP contribution in [0, 0.1) is 0 Å². The molecule has 2 rings (SSSR count). The van der Waals surface area contributed by atoms with Crippen LogP contribution in [0.4, 0.5) is 0 Å². The zero-order valence-corrected chi connectivity index (χ0v) is 12.7. The summed E-state index contributed by atoms with van der Waals surface area (Å²) in [6.45, 7) is 1.83. The second-order valence-corrected chi connectivity index (χ2v) is 7.14. The summed E-state index contributed by atoms with van der Waals surface area (Å²) in [6.07, 6.45) is 1.16. The minimum absolute atomic E-state index is 0.224. The lowest BCUT2D eigenvalue weighted by molar-refractivity contribution is 0.0935. The van der Waals surface area contributed by atoms with Crippen LogP contribution in [0.2, 0.25) is 0 Å². The van der Waals surface area contributed by atoms with E-state index in [1.165, 1.54) is 23.5 Å². The van der Waals surface area contributed by atoms with Gasteiger partial charge in [0.25, 0.3) is 5.91 Å². The molecule has 0 spiro atoms. The molecule has 1 atom stereocenters. The lowest BCUT2D eigenvalue weighted by Gasteiger charge is -2.13. The van der Waals surface area contributed by atoms with Crippen molar-refractivity contribution in [2.75, 3.05) is 6.26 Å². The normalized spacial score (nSPS) is 12.9. The van der Waals surface area contributed by atoms with Gasteiger partial charge in [0.2, 0.25) is 0 Å². The minimum atomic E-state index is -3.20. The molecule has 1 N–H and O–H groups in total. The first-order chi connectivity index (χ1) is 9.38. The third kappa shape index (κ3) is 3.43. The lowest BCUT2D eigenvalue weighted by Crippen LogP contribution is -2.26. The van der Waals surface area contributed by atoms with Gasteiger partial charge in [-0.3, -0.25) is 4.79 Å². The molecule has 0 saturated heterocycles. The van der Waals surface area contributed by atoms with E-state index in [9.17, 15) is 13.2 Å². The summed E-state index contributed by atoms with van der Waals surface area (Å²) in [5, 5.41) is 4.49. The van der Waals surface area contributed by atoms with Gasteiger partial charge in [-0.1, -0.05) is 12.1 Å². The van der Waals surface area contributed by atoms with Gasteiger partial charge < -0.3 is 5.32 Å². The van der Waals surface area contributed by atoms with Crippen LogP contribution in [0.15, 0.2) is 40.1 Å². The van der Waals surface area contributed by atoms with Gasteiger partial charge in [0, 0.05) is 11.6 Å². The van der Waals surface area contributed by atoms with Crippen molar-refractivity contribution in [1.29, 1.82) is 0 Å². The smallest absolute Gasteiger partial charge is 0.271 e. The van der Waals surface area contributed by atoms with Crippen molar-refractivity contribution in [3.05, 3.63) is 46.4 Å². The maximum Gasteiger partial charge on any atom is 0.271 e. The van der Waals surface area contributed by atoms with E-state index in [-0.39, 0.29) is 16.8 Å². The number of carbonyl (C=O) groups excluding carboxylic acids is 1. The lowest BCUT2D eigenvalue weighted by atomic mass is 10.1. The van der Waals surface area contributed by atoms with Gasteiger partial charge >= 0.3 is 0 Å². The number of nitrogens with zero attached hydrogens (tertiary/aromatic N) is 1. The van der Waals surface area contributed by atoms with E-state index < -0.39 is 9.84 Å². The summed E-state index contributed by atoms with van der Waals surface area (Å²) in [7, 11) is -3.20. The highest BCUT2D eigenvalue weighted by Crippen LogP contribution is 2.16. The first-order valence-electron chi connectivity index (χ1n) is 5.87. The van der Waals surface area contributed by atoms with Gasteiger partial charge in [0.1, 0.15) is 5.69 Å². The zero-order valence-electron chi connectivity index (χ0n) is 11.0. The summed E-state index contributed by atoms with van der Waals surface area (Å²) in [4.78, 5) is 16.1. The average Bonchev–Trinajstić information content (AvgIpc) is 2.91. The highest BCUT2D eigenvalue weighted by Gasteiger charge is 2.14.